The van der Waals surface area contributed by atoms with Crippen LogP contribution in [0.4, 0.5) is 4.39 Å². The third kappa shape index (κ3) is 2.85. The van der Waals surface area contributed by atoms with Crippen LogP contribution in [-0.2, 0) is 10.0 Å². The van der Waals surface area contributed by atoms with E-state index in [9.17, 15) is 12.8 Å². The highest BCUT2D eigenvalue weighted by atomic mass is 35.5. The summed E-state index contributed by atoms with van der Waals surface area (Å²) in [5.74, 6) is -0.0781. The van der Waals surface area contributed by atoms with E-state index in [1.54, 1.807) is 4.31 Å². The number of fused-ring (bicyclic) bond motifs is 1. The molecule has 2 aromatic rings. The van der Waals surface area contributed by atoms with Crippen molar-refractivity contribution in [3.05, 3.63) is 64.4 Å². The summed E-state index contributed by atoms with van der Waals surface area (Å²) < 4.78 is 41.7. The molecule has 3 atom stereocenters. The number of aryl methyl sites for hydroxylation is 1. The lowest BCUT2D eigenvalue weighted by molar-refractivity contribution is 0.344. The first-order valence-corrected chi connectivity index (χ1v) is 10.4. The molecule has 4 nitrogen and oxygen atoms in total. The van der Waals surface area contributed by atoms with Gasteiger partial charge in [-0.1, -0.05) is 35.9 Å². The number of hydrogen-bond acceptors (Lipinski definition) is 3. The minimum absolute atomic E-state index is 0.0351. The first-order valence-electron chi connectivity index (χ1n) is 8.63. The van der Waals surface area contributed by atoms with Gasteiger partial charge in [-0.05, 0) is 54.6 Å². The van der Waals surface area contributed by atoms with Crippen molar-refractivity contribution in [3.8, 4) is 0 Å². The fraction of sp³-hybridized carbons (Fsp3) is 0.368. The Kier molecular flexibility index (Phi) is 4.55. The van der Waals surface area contributed by atoms with Gasteiger partial charge in [0, 0.05) is 13.1 Å². The van der Waals surface area contributed by atoms with Gasteiger partial charge in [-0.2, -0.15) is 4.31 Å². The van der Waals surface area contributed by atoms with E-state index in [-0.39, 0.29) is 27.8 Å². The summed E-state index contributed by atoms with van der Waals surface area (Å²) in [6.07, 6.45) is 0. The van der Waals surface area contributed by atoms with Crippen LogP contribution in [-0.4, -0.2) is 32.4 Å². The smallest absolute Gasteiger partial charge is 0.245 e. The largest absolute Gasteiger partial charge is 0.316 e. The summed E-state index contributed by atoms with van der Waals surface area (Å²) >= 11 is 6.08. The van der Waals surface area contributed by atoms with E-state index < -0.39 is 15.8 Å². The molecule has 2 aliphatic heterocycles. The molecule has 2 fully saturated rings. The Morgan fingerprint density at radius 2 is 1.96 bits per heavy atom. The summed E-state index contributed by atoms with van der Waals surface area (Å²) in [4.78, 5) is -0.0351. The topological polar surface area (TPSA) is 49.4 Å². The Bertz CT molecular complexity index is 950. The minimum Gasteiger partial charge on any atom is -0.316 e. The van der Waals surface area contributed by atoms with Gasteiger partial charge in [0.25, 0.3) is 0 Å². The van der Waals surface area contributed by atoms with Crippen molar-refractivity contribution in [1.29, 1.82) is 0 Å². The third-order valence-electron chi connectivity index (χ3n) is 5.51. The Labute approximate surface area is 158 Å². The molecule has 0 bridgehead atoms. The summed E-state index contributed by atoms with van der Waals surface area (Å²) in [7, 11) is -3.84. The van der Waals surface area contributed by atoms with E-state index in [0.29, 0.717) is 6.54 Å². The van der Waals surface area contributed by atoms with Crippen molar-refractivity contribution in [2.24, 2.45) is 11.8 Å². The first-order chi connectivity index (χ1) is 12.4. The molecule has 4 rings (SSSR count). The molecule has 2 aromatic carbocycles. The van der Waals surface area contributed by atoms with Crippen molar-refractivity contribution in [2.75, 3.05) is 19.6 Å². The second-order valence-corrected chi connectivity index (χ2v) is 9.30. The van der Waals surface area contributed by atoms with Crippen molar-refractivity contribution in [1.82, 2.24) is 9.62 Å². The van der Waals surface area contributed by atoms with Crippen LogP contribution in [0.3, 0.4) is 0 Å². The normalized spacial score (nSPS) is 26.2. The maximum atomic E-state index is 13.4. The van der Waals surface area contributed by atoms with Crippen molar-refractivity contribution in [3.63, 3.8) is 0 Å². The van der Waals surface area contributed by atoms with E-state index >= 15 is 0 Å². The molecule has 0 radical (unpaired) electrons. The molecular weight excluding hydrogens is 375 g/mol. The number of rotatable bonds is 3. The number of halogens is 2. The zero-order valence-electron chi connectivity index (χ0n) is 14.3. The van der Waals surface area contributed by atoms with Gasteiger partial charge in [0.15, 0.2) is 0 Å². The predicted octanol–water partition coefficient (Wildman–Crippen LogP) is 3.37. The highest BCUT2D eigenvalue weighted by Crippen LogP contribution is 2.46. The molecule has 0 saturated carbocycles. The maximum Gasteiger partial charge on any atom is 0.245 e. The van der Waals surface area contributed by atoms with Crippen LogP contribution in [0.2, 0.25) is 5.02 Å². The summed E-state index contributed by atoms with van der Waals surface area (Å²) in [5, 5.41) is 3.30. The fourth-order valence-corrected chi connectivity index (χ4v) is 6.46. The van der Waals surface area contributed by atoms with Crippen LogP contribution in [0.25, 0.3) is 0 Å². The maximum absolute atomic E-state index is 13.4. The minimum atomic E-state index is -3.84. The van der Waals surface area contributed by atoms with Gasteiger partial charge in [-0.3, -0.25) is 0 Å². The van der Waals surface area contributed by atoms with Gasteiger partial charge in [0.05, 0.1) is 11.1 Å². The SMILES string of the molecule is Cc1ccccc1[C@H]1[C@H]2CNC[C@H]2CN1S(=O)(=O)c1ccc(F)cc1Cl. The molecule has 2 aliphatic rings. The predicted molar refractivity (Wildman–Crippen MR) is 99.1 cm³/mol. The fourth-order valence-electron chi connectivity index (χ4n) is 4.24. The van der Waals surface area contributed by atoms with Crippen molar-refractivity contribution < 1.29 is 12.8 Å². The van der Waals surface area contributed by atoms with Crippen LogP contribution in [0.15, 0.2) is 47.4 Å². The van der Waals surface area contributed by atoms with Gasteiger partial charge in [-0.15, -0.1) is 0 Å². The summed E-state index contributed by atoms with van der Waals surface area (Å²) in [6, 6.07) is 11.1. The Hall–Kier alpha value is -1.47. The lowest BCUT2D eigenvalue weighted by atomic mass is 9.88. The number of benzene rings is 2. The number of nitrogens with one attached hydrogen (secondary N) is 1. The van der Waals surface area contributed by atoms with Crippen LogP contribution in [0, 0.1) is 24.6 Å². The molecule has 26 heavy (non-hydrogen) atoms. The molecule has 0 unspecified atom stereocenters. The Balaban J connectivity index is 1.82. The molecule has 0 aliphatic carbocycles. The van der Waals surface area contributed by atoms with Gasteiger partial charge >= 0.3 is 0 Å². The lowest BCUT2D eigenvalue weighted by Gasteiger charge is -2.29. The van der Waals surface area contributed by atoms with Crippen molar-refractivity contribution in [2.45, 2.75) is 17.9 Å². The molecule has 0 spiro atoms. The molecule has 7 heteroatoms. The van der Waals surface area contributed by atoms with E-state index in [1.165, 1.54) is 6.07 Å². The standard InChI is InChI=1S/C19H20ClFN2O2S/c1-12-4-2-3-5-15(12)19-16-10-22-9-13(16)11-23(19)26(24,25)18-7-6-14(21)8-17(18)20/h2-8,13,16,19,22H,9-11H2,1H3/t13-,16-,19-/m0/s1. The second-order valence-electron chi connectivity index (χ2n) is 7.03. The quantitative estimate of drug-likeness (QED) is 0.868. The van der Waals surface area contributed by atoms with E-state index in [4.69, 9.17) is 11.6 Å². The number of nitrogens with zero attached hydrogens (tertiary/aromatic N) is 1. The molecule has 0 aromatic heterocycles. The molecule has 2 heterocycles. The van der Waals surface area contributed by atoms with Gasteiger partial charge in [0.1, 0.15) is 10.7 Å². The average molecular weight is 395 g/mol. The average Bonchev–Trinajstić information content (AvgIpc) is 3.16. The third-order valence-corrected chi connectivity index (χ3v) is 7.84. The number of hydrogen-bond donors (Lipinski definition) is 1. The van der Waals surface area contributed by atoms with E-state index in [1.807, 2.05) is 31.2 Å². The van der Waals surface area contributed by atoms with Crippen LogP contribution >= 0.6 is 11.6 Å². The molecule has 1 N–H and O–H groups in total. The molecule has 2 saturated heterocycles. The number of sulfonamides is 1. The lowest BCUT2D eigenvalue weighted by Crippen LogP contribution is -2.35. The van der Waals surface area contributed by atoms with E-state index in [2.05, 4.69) is 5.32 Å². The van der Waals surface area contributed by atoms with Crippen molar-refractivity contribution >= 4 is 21.6 Å². The van der Waals surface area contributed by atoms with Gasteiger partial charge in [-0.25, -0.2) is 12.8 Å². The Morgan fingerprint density at radius 3 is 2.69 bits per heavy atom. The molecule has 138 valence electrons. The second kappa shape index (κ2) is 6.60. The van der Waals surface area contributed by atoms with Gasteiger partial charge < -0.3 is 5.32 Å². The van der Waals surface area contributed by atoms with Crippen LogP contribution in [0.5, 0.6) is 0 Å². The summed E-state index contributed by atoms with van der Waals surface area (Å²) in [5.41, 5.74) is 2.08. The highest BCUT2D eigenvalue weighted by Gasteiger charge is 2.50. The highest BCUT2D eigenvalue weighted by molar-refractivity contribution is 7.89. The monoisotopic (exact) mass is 394 g/mol. The molecule has 0 amide bonds. The zero-order chi connectivity index (χ0) is 18.5. The molecular formula is C19H20ClFN2O2S. The van der Waals surface area contributed by atoms with Crippen LogP contribution in [0.1, 0.15) is 17.2 Å². The van der Waals surface area contributed by atoms with Crippen LogP contribution < -0.4 is 5.32 Å². The van der Waals surface area contributed by atoms with Gasteiger partial charge in [0.2, 0.25) is 10.0 Å². The van der Waals surface area contributed by atoms with E-state index in [0.717, 1.165) is 36.3 Å². The first kappa shape index (κ1) is 17.9. The Morgan fingerprint density at radius 1 is 1.19 bits per heavy atom. The zero-order valence-corrected chi connectivity index (χ0v) is 15.9. The summed E-state index contributed by atoms with van der Waals surface area (Å²) in [6.45, 7) is 4.02.